The number of hydrogen-bond donors (Lipinski definition) is 2. The summed E-state index contributed by atoms with van der Waals surface area (Å²) < 4.78 is 13.3. The first-order valence-electron chi connectivity index (χ1n) is 5.89. The molecule has 0 fully saturated rings. The molecule has 3 N–H and O–H groups in total. The van der Waals surface area contributed by atoms with Crippen LogP contribution < -0.4 is 11.1 Å². The predicted molar refractivity (Wildman–Crippen MR) is 75.8 cm³/mol. The highest BCUT2D eigenvalue weighted by atomic mass is 19.1. The van der Waals surface area contributed by atoms with Gasteiger partial charge in [0.1, 0.15) is 5.82 Å². The van der Waals surface area contributed by atoms with Crippen molar-refractivity contribution in [1.82, 2.24) is 4.98 Å². The van der Waals surface area contributed by atoms with Crippen molar-refractivity contribution >= 4 is 27.8 Å². The number of rotatable bonds is 2. The first-order chi connectivity index (χ1) is 9.24. The summed E-state index contributed by atoms with van der Waals surface area (Å²) in [5.41, 5.74) is 7.78. The molecule has 0 radical (unpaired) electrons. The van der Waals surface area contributed by atoms with Crippen LogP contribution in [-0.2, 0) is 0 Å². The maximum Gasteiger partial charge on any atom is 0.125 e. The second-order valence-electron chi connectivity index (χ2n) is 4.26. The summed E-state index contributed by atoms with van der Waals surface area (Å²) in [5, 5.41) is 5.19. The predicted octanol–water partition coefficient (Wildman–Crippen LogP) is 3.70. The minimum atomic E-state index is -0.321. The molecule has 19 heavy (non-hydrogen) atoms. The standard InChI is InChI=1S/C15H12FN3/c16-11-4-5-13(17)15(8-11)19-14-3-1-2-10-9-18-7-6-12(10)14/h1-9,19H,17H2. The van der Waals surface area contributed by atoms with Crippen molar-refractivity contribution in [3.05, 3.63) is 60.7 Å². The molecule has 0 aliphatic carbocycles. The molecule has 3 rings (SSSR count). The van der Waals surface area contributed by atoms with Crippen LogP contribution >= 0.6 is 0 Å². The zero-order valence-corrected chi connectivity index (χ0v) is 10.1. The molecule has 3 aromatic rings. The third-order valence-electron chi connectivity index (χ3n) is 2.97. The maximum atomic E-state index is 13.3. The van der Waals surface area contributed by atoms with Gasteiger partial charge in [-0.1, -0.05) is 12.1 Å². The molecule has 0 aliphatic rings. The van der Waals surface area contributed by atoms with Gasteiger partial charge in [0, 0.05) is 28.9 Å². The highest BCUT2D eigenvalue weighted by Crippen LogP contribution is 2.28. The van der Waals surface area contributed by atoms with Crippen molar-refractivity contribution in [3.63, 3.8) is 0 Å². The number of anilines is 3. The van der Waals surface area contributed by atoms with Gasteiger partial charge in [-0.15, -0.1) is 0 Å². The number of aromatic nitrogens is 1. The molecule has 1 aromatic heterocycles. The van der Waals surface area contributed by atoms with E-state index < -0.39 is 0 Å². The van der Waals surface area contributed by atoms with E-state index in [0.717, 1.165) is 16.5 Å². The summed E-state index contributed by atoms with van der Waals surface area (Å²) in [6, 6.07) is 12.0. The van der Waals surface area contributed by atoms with Gasteiger partial charge in [-0.05, 0) is 30.3 Å². The quantitative estimate of drug-likeness (QED) is 0.685. The maximum absolute atomic E-state index is 13.3. The molecular weight excluding hydrogens is 241 g/mol. The SMILES string of the molecule is Nc1ccc(F)cc1Nc1cccc2cnccc12. The number of fused-ring (bicyclic) bond motifs is 1. The van der Waals surface area contributed by atoms with Gasteiger partial charge < -0.3 is 11.1 Å². The van der Waals surface area contributed by atoms with E-state index in [1.807, 2.05) is 24.3 Å². The van der Waals surface area contributed by atoms with Crippen LogP contribution in [-0.4, -0.2) is 4.98 Å². The monoisotopic (exact) mass is 253 g/mol. The van der Waals surface area contributed by atoms with Crippen molar-refractivity contribution < 1.29 is 4.39 Å². The summed E-state index contributed by atoms with van der Waals surface area (Å²) in [5.74, 6) is -0.321. The van der Waals surface area contributed by atoms with Gasteiger partial charge in [-0.25, -0.2) is 4.39 Å². The van der Waals surface area contributed by atoms with Crippen LogP contribution in [0.5, 0.6) is 0 Å². The van der Waals surface area contributed by atoms with Crippen LogP contribution in [0.2, 0.25) is 0 Å². The largest absolute Gasteiger partial charge is 0.397 e. The Kier molecular flexibility index (Phi) is 2.76. The molecule has 0 saturated heterocycles. The summed E-state index contributed by atoms with van der Waals surface area (Å²) in [4.78, 5) is 4.08. The van der Waals surface area contributed by atoms with Crippen molar-refractivity contribution in [3.8, 4) is 0 Å². The van der Waals surface area contributed by atoms with E-state index in [9.17, 15) is 4.39 Å². The highest BCUT2D eigenvalue weighted by molar-refractivity contribution is 5.95. The van der Waals surface area contributed by atoms with E-state index in [0.29, 0.717) is 11.4 Å². The molecule has 0 unspecified atom stereocenters. The number of pyridine rings is 1. The van der Waals surface area contributed by atoms with Crippen LogP contribution in [0, 0.1) is 5.82 Å². The molecule has 2 aromatic carbocycles. The Bertz CT molecular complexity index is 735. The lowest BCUT2D eigenvalue weighted by atomic mass is 10.1. The molecule has 0 spiro atoms. The van der Waals surface area contributed by atoms with Crippen molar-refractivity contribution in [2.45, 2.75) is 0 Å². The van der Waals surface area contributed by atoms with Gasteiger partial charge in [0.05, 0.1) is 11.4 Å². The Balaban J connectivity index is 2.08. The van der Waals surface area contributed by atoms with Crippen LogP contribution in [0.4, 0.5) is 21.5 Å². The number of nitrogens with one attached hydrogen (secondary N) is 1. The molecule has 0 aliphatic heterocycles. The number of benzene rings is 2. The van der Waals surface area contributed by atoms with Crippen molar-refractivity contribution in [2.24, 2.45) is 0 Å². The van der Waals surface area contributed by atoms with E-state index in [1.54, 1.807) is 18.5 Å². The van der Waals surface area contributed by atoms with Gasteiger partial charge in [0.25, 0.3) is 0 Å². The zero-order valence-electron chi connectivity index (χ0n) is 10.1. The molecule has 0 atom stereocenters. The molecule has 0 amide bonds. The number of hydrogen-bond acceptors (Lipinski definition) is 3. The van der Waals surface area contributed by atoms with Gasteiger partial charge in [-0.3, -0.25) is 4.98 Å². The van der Waals surface area contributed by atoms with Crippen LogP contribution in [0.25, 0.3) is 10.8 Å². The first-order valence-corrected chi connectivity index (χ1v) is 5.89. The number of nitrogens with zero attached hydrogens (tertiary/aromatic N) is 1. The Morgan fingerprint density at radius 2 is 1.95 bits per heavy atom. The minimum absolute atomic E-state index is 0.321. The first kappa shape index (κ1) is 11.5. The summed E-state index contributed by atoms with van der Waals surface area (Å²) in [7, 11) is 0. The Morgan fingerprint density at radius 3 is 2.84 bits per heavy atom. The van der Waals surface area contributed by atoms with E-state index in [2.05, 4.69) is 10.3 Å². The molecule has 0 bridgehead atoms. The lowest BCUT2D eigenvalue weighted by Crippen LogP contribution is -1.97. The van der Waals surface area contributed by atoms with Crippen molar-refractivity contribution in [2.75, 3.05) is 11.1 Å². The smallest absolute Gasteiger partial charge is 0.125 e. The summed E-state index contributed by atoms with van der Waals surface area (Å²) in [6.07, 6.45) is 3.51. The Morgan fingerprint density at radius 1 is 1.05 bits per heavy atom. The topological polar surface area (TPSA) is 50.9 Å². The second-order valence-corrected chi connectivity index (χ2v) is 4.26. The molecule has 94 valence electrons. The summed E-state index contributed by atoms with van der Waals surface area (Å²) >= 11 is 0. The van der Waals surface area contributed by atoms with Gasteiger partial charge in [-0.2, -0.15) is 0 Å². The van der Waals surface area contributed by atoms with Gasteiger partial charge in [0.2, 0.25) is 0 Å². The lowest BCUT2D eigenvalue weighted by Gasteiger charge is -2.11. The molecule has 4 heteroatoms. The third kappa shape index (κ3) is 2.20. The van der Waals surface area contributed by atoms with Gasteiger partial charge >= 0.3 is 0 Å². The fourth-order valence-corrected chi connectivity index (χ4v) is 2.01. The van der Waals surface area contributed by atoms with E-state index in [4.69, 9.17) is 5.73 Å². The second kappa shape index (κ2) is 4.57. The summed E-state index contributed by atoms with van der Waals surface area (Å²) in [6.45, 7) is 0. The fraction of sp³-hybridized carbons (Fsp3) is 0. The van der Waals surface area contributed by atoms with E-state index in [1.165, 1.54) is 12.1 Å². The molecule has 1 heterocycles. The molecule has 3 nitrogen and oxygen atoms in total. The Labute approximate surface area is 109 Å². The highest BCUT2D eigenvalue weighted by Gasteiger charge is 2.04. The van der Waals surface area contributed by atoms with Crippen LogP contribution in [0.3, 0.4) is 0 Å². The fourth-order valence-electron chi connectivity index (χ4n) is 2.01. The lowest BCUT2D eigenvalue weighted by molar-refractivity contribution is 0.628. The average Bonchev–Trinajstić information content (AvgIpc) is 2.43. The van der Waals surface area contributed by atoms with Crippen molar-refractivity contribution in [1.29, 1.82) is 0 Å². The number of nitrogen functional groups attached to an aromatic ring is 1. The van der Waals surface area contributed by atoms with Crippen LogP contribution in [0.15, 0.2) is 54.9 Å². The average molecular weight is 253 g/mol. The van der Waals surface area contributed by atoms with E-state index >= 15 is 0 Å². The molecule has 0 saturated carbocycles. The number of halogens is 1. The third-order valence-corrected chi connectivity index (χ3v) is 2.97. The van der Waals surface area contributed by atoms with Gasteiger partial charge in [0.15, 0.2) is 0 Å². The zero-order chi connectivity index (χ0) is 13.2. The molecular formula is C15H12FN3. The normalized spacial score (nSPS) is 10.6. The Hall–Kier alpha value is -2.62. The number of nitrogens with two attached hydrogens (primary N) is 1. The van der Waals surface area contributed by atoms with E-state index in [-0.39, 0.29) is 5.82 Å². The minimum Gasteiger partial charge on any atom is -0.397 e. The van der Waals surface area contributed by atoms with Crippen LogP contribution in [0.1, 0.15) is 0 Å².